The second-order valence-electron chi connectivity index (χ2n) is 4.79. The van der Waals surface area contributed by atoms with Gasteiger partial charge in [0.05, 0.1) is 11.6 Å². The molecule has 0 spiro atoms. The number of ether oxygens (including phenoxy) is 1. The Balaban J connectivity index is 2.59. The summed E-state index contributed by atoms with van der Waals surface area (Å²) in [6.07, 6.45) is 4.75. The van der Waals surface area contributed by atoms with Gasteiger partial charge in [-0.1, -0.05) is 44.7 Å². The lowest BCUT2D eigenvalue weighted by Crippen LogP contribution is -2.13. The predicted octanol–water partition coefficient (Wildman–Crippen LogP) is 4.22. The number of nitrogens with two attached hydrogens (primary N) is 1. The minimum atomic E-state index is 0.0165. The van der Waals surface area contributed by atoms with Gasteiger partial charge in [-0.2, -0.15) is 0 Å². The van der Waals surface area contributed by atoms with E-state index in [9.17, 15) is 0 Å². The third kappa shape index (κ3) is 5.11. The number of benzene rings is 1. The molecule has 0 radical (unpaired) electrons. The topological polar surface area (TPSA) is 59.1 Å². The Kier molecular flexibility index (Phi) is 6.71. The van der Waals surface area contributed by atoms with Crippen LogP contribution in [0.4, 0.5) is 0 Å². The maximum atomic E-state index is 7.36. The Labute approximate surface area is 120 Å². The summed E-state index contributed by atoms with van der Waals surface area (Å²) in [4.78, 5) is 0. The van der Waals surface area contributed by atoms with Crippen molar-refractivity contribution in [3.05, 3.63) is 28.8 Å². The number of rotatable bonds is 8. The third-order valence-corrected chi connectivity index (χ3v) is 3.56. The van der Waals surface area contributed by atoms with Crippen LogP contribution in [0.1, 0.15) is 45.1 Å². The van der Waals surface area contributed by atoms with Crippen LogP contribution in [-0.4, -0.2) is 12.4 Å². The first-order valence-electron chi connectivity index (χ1n) is 6.85. The number of nitrogen functional groups attached to an aromatic ring is 1. The number of hydrogen-bond donors (Lipinski definition) is 2. The number of halogens is 1. The first-order chi connectivity index (χ1) is 9.08. The molecule has 0 saturated heterocycles. The van der Waals surface area contributed by atoms with Crippen molar-refractivity contribution in [2.24, 2.45) is 11.7 Å². The summed E-state index contributed by atoms with van der Waals surface area (Å²) in [6, 6.07) is 5.22. The zero-order valence-electron chi connectivity index (χ0n) is 11.7. The van der Waals surface area contributed by atoms with Crippen LogP contribution in [0.2, 0.25) is 5.02 Å². The van der Waals surface area contributed by atoms with Gasteiger partial charge in [0, 0.05) is 5.56 Å². The van der Waals surface area contributed by atoms with E-state index in [0.29, 0.717) is 28.9 Å². The molecule has 1 unspecified atom stereocenters. The molecule has 106 valence electrons. The van der Waals surface area contributed by atoms with Crippen LogP contribution in [-0.2, 0) is 0 Å². The molecule has 0 fully saturated rings. The maximum absolute atomic E-state index is 7.36. The van der Waals surface area contributed by atoms with E-state index in [-0.39, 0.29) is 5.84 Å². The Morgan fingerprint density at radius 1 is 1.42 bits per heavy atom. The zero-order chi connectivity index (χ0) is 14.3. The van der Waals surface area contributed by atoms with Gasteiger partial charge in [-0.05, 0) is 30.5 Å². The molecule has 0 aromatic heterocycles. The average molecular weight is 283 g/mol. The summed E-state index contributed by atoms with van der Waals surface area (Å²) in [6.45, 7) is 5.07. The summed E-state index contributed by atoms with van der Waals surface area (Å²) in [5.74, 6) is 1.26. The van der Waals surface area contributed by atoms with Gasteiger partial charge in [0.15, 0.2) is 0 Å². The second-order valence-corrected chi connectivity index (χ2v) is 5.19. The van der Waals surface area contributed by atoms with Gasteiger partial charge in [0.2, 0.25) is 0 Å². The fraction of sp³-hybridized carbons (Fsp3) is 0.533. The van der Waals surface area contributed by atoms with E-state index in [1.54, 1.807) is 18.2 Å². The van der Waals surface area contributed by atoms with Crippen molar-refractivity contribution < 1.29 is 4.74 Å². The first kappa shape index (κ1) is 15.8. The van der Waals surface area contributed by atoms with Crippen molar-refractivity contribution in [2.75, 3.05) is 6.61 Å². The summed E-state index contributed by atoms with van der Waals surface area (Å²) >= 11 is 6.13. The summed E-state index contributed by atoms with van der Waals surface area (Å²) in [5.41, 5.74) is 6.04. The second kappa shape index (κ2) is 8.05. The minimum absolute atomic E-state index is 0.0165. The molecule has 1 aromatic carbocycles. The van der Waals surface area contributed by atoms with E-state index >= 15 is 0 Å². The number of hydrogen-bond acceptors (Lipinski definition) is 2. The van der Waals surface area contributed by atoms with Crippen LogP contribution in [0, 0.1) is 11.3 Å². The van der Waals surface area contributed by atoms with Crippen LogP contribution in [0.5, 0.6) is 5.75 Å². The normalized spacial score (nSPS) is 12.2. The summed E-state index contributed by atoms with van der Waals surface area (Å²) in [5, 5.41) is 7.87. The van der Waals surface area contributed by atoms with E-state index in [0.717, 1.165) is 6.42 Å². The van der Waals surface area contributed by atoms with Crippen LogP contribution in [0.25, 0.3) is 0 Å². The van der Waals surface area contributed by atoms with Gasteiger partial charge in [0.25, 0.3) is 0 Å². The maximum Gasteiger partial charge on any atom is 0.137 e. The van der Waals surface area contributed by atoms with E-state index in [1.165, 1.54) is 19.3 Å². The predicted molar refractivity (Wildman–Crippen MR) is 81.3 cm³/mol. The molecule has 4 heteroatoms. The van der Waals surface area contributed by atoms with Gasteiger partial charge in [0.1, 0.15) is 11.6 Å². The molecule has 1 atom stereocenters. The molecule has 3 nitrogen and oxygen atoms in total. The molecule has 0 saturated carbocycles. The Bertz CT molecular complexity index is 421. The van der Waals surface area contributed by atoms with Crippen molar-refractivity contribution >= 4 is 17.4 Å². The first-order valence-corrected chi connectivity index (χ1v) is 7.23. The van der Waals surface area contributed by atoms with Crippen LogP contribution in [0.15, 0.2) is 18.2 Å². The van der Waals surface area contributed by atoms with E-state index < -0.39 is 0 Å². The highest BCUT2D eigenvalue weighted by Crippen LogP contribution is 2.26. The van der Waals surface area contributed by atoms with E-state index in [4.69, 9.17) is 27.5 Å². The highest BCUT2D eigenvalue weighted by molar-refractivity contribution is 6.32. The molecule has 1 rings (SSSR count). The van der Waals surface area contributed by atoms with Gasteiger partial charge in [-0.15, -0.1) is 0 Å². The molecule has 0 aliphatic carbocycles. The molecule has 19 heavy (non-hydrogen) atoms. The Morgan fingerprint density at radius 2 is 2.16 bits per heavy atom. The third-order valence-electron chi connectivity index (χ3n) is 3.26. The SMILES string of the molecule is CCCCC(CC)COc1ccc(C(=N)N)cc1Cl. The smallest absolute Gasteiger partial charge is 0.137 e. The van der Waals surface area contributed by atoms with E-state index in [2.05, 4.69) is 13.8 Å². The summed E-state index contributed by atoms with van der Waals surface area (Å²) < 4.78 is 5.78. The van der Waals surface area contributed by atoms with Crippen molar-refractivity contribution in [3.8, 4) is 5.75 Å². The van der Waals surface area contributed by atoms with Crippen molar-refractivity contribution in [1.29, 1.82) is 5.41 Å². The summed E-state index contributed by atoms with van der Waals surface area (Å²) in [7, 11) is 0. The lowest BCUT2D eigenvalue weighted by atomic mass is 10.0. The quantitative estimate of drug-likeness (QED) is 0.554. The Hall–Kier alpha value is -1.22. The van der Waals surface area contributed by atoms with Crippen LogP contribution < -0.4 is 10.5 Å². The zero-order valence-corrected chi connectivity index (χ0v) is 12.5. The number of unbranched alkanes of at least 4 members (excludes halogenated alkanes) is 1. The van der Waals surface area contributed by atoms with Gasteiger partial charge < -0.3 is 10.5 Å². The average Bonchev–Trinajstić information content (AvgIpc) is 2.40. The number of amidine groups is 1. The number of nitrogens with one attached hydrogen (secondary N) is 1. The standard InChI is InChI=1S/C15H23ClN2O/c1-3-5-6-11(4-2)10-19-14-8-7-12(15(17)18)9-13(14)16/h7-9,11H,3-6,10H2,1-2H3,(H3,17,18). The van der Waals surface area contributed by atoms with Gasteiger partial charge >= 0.3 is 0 Å². The fourth-order valence-corrected chi connectivity index (χ4v) is 2.13. The van der Waals surface area contributed by atoms with Crippen molar-refractivity contribution in [1.82, 2.24) is 0 Å². The molecular weight excluding hydrogens is 260 g/mol. The van der Waals surface area contributed by atoms with E-state index in [1.807, 2.05) is 0 Å². The molecule has 3 N–H and O–H groups in total. The molecular formula is C15H23ClN2O. The van der Waals surface area contributed by atoms with Crippen molar-refractivity contribution in [2.45, 2.75) is 39.5 Å². The molecule has 0 amide bonds. The molecule has 0 heterocycles. The van der Waals surface area contributed by atoms with Crippen molar-refractivity contribution in [3.63, 3.8) is 0 Å². The lowest BCUT2D eigenvalue weighted by molar-refractivity contribution is 0.233. The molecule has 0 aliphatic heterocycles. The molecule has 1 aromatic rings. The highest BCUT2D eigenvalue weighted by atomic mass is 35.5. The largest absolute Gasteiger partial charge is 0.492 e. The van der Waals surface area contributed by atoms with Crippen LogP contribution in [0.3, 0.4) is 0 Å². The minimum Gasteiger partial charge on any atom is -0.492 e. The molecule has 0 aliphatic rings. The van der Waals surface area contributed by atoms with Gasteiger partial charge in [-0.25, -0.2) is 0 Å². The molecule has 0 bridgehead atoms. The van der Waals surface area contributed by atoms with Crippen LogP contribution >= 0.6 is 11.6 Å². The lowest BCUT2D eigenvalue weighted by Gasteiger charge is -2.16. The Morgan fingerprint density at radius 3 is 2.68 bits per heavy atom. The van der Waals surface area contributed by atoms with Gasteiger partial charge in [-0.3, -0.25) is 5.41 Å². The highest BCUT2D eigenvalue weighted by Gasteiger charge is 2.09. The monoisotopic (exact) mass is 282 g/mol. The fourth-order valence-electron chi connectivity index (χ4n) is 1.89.